The fourth-order valence-corrected chi connectivity index (χ4v) is 9.67. The van der Waals surface area contributed by atoms with Crippen LogP contribution in [-0.4, -0.2) is 61.7 Å². The third kappa shape index (κ3) is 11.8. The van der Waals surface area contributed by atoms with Gasteiger partial charge in [-0.25, -0.2) is 4.68 Å². The molecular formula is C42H24Cu3N8O18S4. The maximum absolute atomic E-state index is 13.7. The molecule has 8 aromatic rings. The summed E-state index contributed by atoms with van der Waals surface area (Å²) in [6, 6.07) is 18.8. The number of aryl methyl sites for hydroxylation is 1. The summed E-state index contributed by atoms with van der Waals surface area (Å²) in [5, 5.41) is 103. The van der Waals surface area contributed by atoms with E-state index in [1.54, 1.807) is 37.3 Å². The first-order chi connectivity index (χ1) is 33.6. The van der Waals surface area contributed by atoms with E-state index in [2.05, 4.69) is 35.8 Å². The van der Waals surface area contributed by atoms with Crippen molar-refractivity contribution in [3.63, 3.8) is 0 Å². The second-order valence-corrected chi connectivity index (χ2v) is 20.6. The molecule has 26 nitrogen and oxygen atoms in total. The Morgan fingerprint density at radius 3 is 1.45 bits per heavy atom. The van der Waals surface area contributed by atoms with Gasteiger partial charge in [-0.05, 0) is 94.2 Å². The molecule has 7 aromatic carbocycles. The van der Waals surface area contributed by atoms with Crippen LogP contribution < -0.4 is 30.6 Å². The molecular weight excluding hydrogens is 1220 g/mol. The van der Waals surface area contributed by atoms with E-state index in [0.29, 0.717) is 23.9 Å². The molecule has 75 heavy (non-hydrogen) atoms. The van der Waals surface area contributed by atoms with Crippen LogP contribution in [0.1, 0.15) is 5.69 Å². The Hall–Kier alpha value is -6.93. The van der Waals surface area contributed by atoms with Crippen molar-refractivity contribution in [1.82, 2.24) is 9.78 Å². The van der Waals surface area contributed by atoms with Crippen molar-refractivity contribution >= 4 is 96.1 Å². The van der Waals surface area contributed by atoms with Crippen molar-refractivity contribution < 1.29 is 134 Å². The zero-order valence-electron chi connectivity index (χ0n) is 36.4. The third-order valence-corrected chi connectivity index (χ3v) is 13.8. The molecule has 0 fully saturated rings. The van der Waals surface area contributed by atoms with Crippen molar-refractivity contribution in [2.24, 2.45) is 30.7 Å². The van der Waals surface area contributed by atoms with Crippen molar-refractivity contribution in [3.8, 4) is 51.4 Å². The van der Waals surface area contributed by atoms with Gasteiger partial charge in [0.1, 0.15) is 20.4 Å². The first kappa shape index (κ1) is 59.0. The van der Waals surface area contributed by atoms with E-state index >= 15 is 0 Å². The number of benzene rings is 7. The summed E-state index contributed by atoms with van der Waals surface area (Å²) < 4.78 is 138. The Balaban J connectivity index is 0.00000347. The van der Waals surface area contributed by atoms with Gasteiger partial charge in [-0.3, -0.25) is 18.2 Å². The van der Waals surface area contributed by atoms with Crippen LogP contribution in [-0.2, 0) is 91.7 Å². The molecule has 0 aliphatic heterocycles. The number of rotatable bonds is 12. The van der Waals surface area contributed by atoms with Crippen molar-refractivity contribution in [2.75, 3.05) is 0 Å². The molecule has 4 N–H and O–H groups in total. The van der Waals surface area contributed by atoms with Gasteiger partial charge in [0.05, 0.1) is 44.7 Å². The summed E-state index contributed by atoms with van der Waals surface area (Å²) >= 11 is 0. The second-order valence-electron chi connectivity index (χ2n) is 15.0. The minimum Gasteiger partial charge on any atom is -0.871 e. The summed E-state index contributed by atoms with van der Waals surface area (Å²) in [6.45, 7) is 1.54. The van der Waals surface area contributed by atoms with Crippen LogP contribution in [0.15, 0.2) is 153 Å². The molecule has 0 aliphatic carbocycles. The molecule has 1 heterocycles. The average molecular weight is 1250 g/mol. The van der Waals surface area contributed by atoms with Gasteiger partial charge in [0.25, 0.3) is 40.5 Å². The van der Waals surface area contributed by atoms with Gasteiger partial charge in [-0.2, -0.15) is 54.1 Å². The topological polar surface area (TPSA) is 448 Å². The molecule has 1 aromatic heterocycles. The number of hydrogen-bond donors (Lipinski definition) is 4. The molecule has 0 amide bonds. The molecule has 397 valence electrons. The summed E-state index contributed by atoms with van der Waals surface area (Å²) in [6.07, 6.45) is 0. The molecule has 3 radical (unpaired) electrons. The molecule has 0 aliphatic rings. The Bertz CT molecular complexity index is 4210. The van der Waals surface area contributed by atoms with E-state index in [9.17, 15) is 82.5 Å². The predicted molar refractivity (Wildman–Crippen MR) is 237 cm³/mol. The molecule has 0 saturated carbocycles. The molecule has 33 heteroatoms. The summed E-state index contributed by atoms with van der Waals surface area (Å²) in [4.78, 5) is -5.45. The van der Waals surface area contributed by atoms with E-state index in [1.165, 1.54) is 18.2 Å². The Kier molecular flexibility index (Phi) is 17.1. The van der Waals surface area contributed by atoms with Crippen LogP contribution in [0.4, 0.5) is 34.1 Å². The summed E-state index contributed by atoms with van der Waals surface area (Å²) in [5.74, 6) is -6.53. The normalized spacial score (nSPS) is 12.3. The van der Waals surface area contributed by atoms with Gasteiger partial charge in [-0.15, -0.1) is 15.3 Å². The number of nitrogens with zero attached hydrogens (tertiary/aromatic N) is 8. The number of aromatic nitrogens is 2. The van der Waals surface area contributed by atoms with Gasteiger partial charge < -0.3 is 30.6 Å². The molecule has 0 atom stereocenters. The maximum atomic E-state index is 13.7. The average Bonchev–Trinajstić information content (AvgIpc) is 3.58. The SMILES string of the molecule is Cc1nn(-c2ccccc2)c([O-])c1N=Nc1ccc(-c2ccc(N=Nc3c(S(=O)(=O)O)cc4c([O-])c(N=Nc5c(S(=O)(=O)O)cc6cc(S(=O)(=O)O)cc(S(=O)(=O)O)c6c5[O-])ccc4c3[O-])c([O-])c2)cc1[O-].[Cu+2].[Cu+2].[Cu+2]. The molecule has 0 saturated heterocycles. The maximum Gasteiger partial charge on any atom is 2.00 e. The van der Waals surface area contributed by atoms with Gasteiger partial charge >= 0.3 is 51.2 Å². The quantitative estimate of drug-likeness (QED) is 0.0723. The number of para-hydroxylation sites is 1. The predicted octanol–water partition coefficient (Wildman–Crippen LogP) is 4.82. The molecule has 8 rings (SSSR count). The van der Waals surface area contributed by atoms with E-state index < -0.39 is 139 Å². The van der Waals surface area contributed by atoms with Gasteiger partial charge in [0.15, 0.2) is 0 Å². The van der Waals surface area contributed by atoms with Crippen LogP contribution >= 0.6 is 0 Å². The van der Waals surface area contributed by atoms with Crippen molar-refractivity contribution in [3.05, 3.63) is 109 Å². The van der Waals surface area contributed by atoms with Crippen LogP contribution in [0.2, 0.25) is 0 Å². The number of fused-ring (bicyclic) bond motifs is 2. The smallest absolute Gasteiger partial charge is 0.871 e. The zero-order valence-corrected chi connectivity index (χ0v) is 42.5. The standard InChI is InChI=1S/C42H30N8O18S4.3Cu/c1-19-36(42(56)50(49-19)23-5-3-2-4-6-23)46-43-27-10-7-20(14-30(27)51)21-8-11-28(31(52)15-21)44-47-37-34(72(66,67)68)18-26-25(40(37)54)9-12-29(39(26)53)45-48-38-33(71(63,64)65)16-22-13-24(69(57,58)59)17-32(70(60,61)62)35(22)41(38)55;;;/h2-18,51-56H,1H3,(H,57,58,59)(H,60,61,62)(H,63,64,65)(H,66,67,68);;;/q;3*+2/p-6. The first-order valence-electron chi connectivity index (χ1n) is 19.5. The number of azo groups is 3. The largest absolute Gasteiger partial charge is 2.00 e. The van der Waals surface area contributed by atoms with E-state index in [1.807, 2.05) is 0 Å². The van der Waals surface area contributed by atoms with Gasteiger partial charge in [-0.1, -0.05) is 77.3 Å². The van der Waals surface area contributed by atoms with Crippen molar-refractivity contribution in [1.29, 1.82) is 0 Å². The molecule has 0 spiro atoms. The van der Waals surface area contributed by atoms with Gasteiger partial charge in [0, 0.05) is 5.88 Å². The Morgan fingerprint density at radius 1 is 0.467 bits per heavy atom. The van der Waals surface area contributed by atoms with E-state index in [4.69, 9.17) is 0 Å². The first-order valence-corrected chi connectivity index (χ1v) is 25.3. The van der Waals surface area contributed by atoms with Crippen molar-refractivity contribution in [2.45, 2.75) is 26.5 Å². The van der Waals surface area contributed by atoms with Gasteiger partial charge in [0.2, 0.25) is 0 Å². The van der Waals surface area contributed by atoms with Crippen LogP contribution in [0, 0.1) is 6.92 Å². The fraction of sp³-hybridized carbons (Fsp3) is 0.0238. The third-order valence-electron chi connectivity index (χ3n) is 10.4. The van der Waals surface area contributed by atoms with Crippen LogP contribution in [0.3, 0.4) is 0 Å². The monoisotopic (exact) mass is 1240 g/mol. The summed E-state index contributed by atoms with van der Waals surface area (Å²) in [5.41, 5.74) is -2.97. The molecule has 0 bridgehead atoms. The molecule has 0 unspecified atom stereocenters. The van der Waals surface area contributed by atoms with Crippen LogP contribution in [0.25, 0.3) is 38.4 Å². The Labute approximate surface area is 453 Å². The zero-order chi connectivity index (χ0) is 52.4. The minimum absolute atomic E-state index is 0. The number of hydrogen-bond acceptors (Lipinski definition) is 21. The second kappa shape index (κ2) is 21.7. The summed E-state index contributed by atoms with van der Waals surface area (Å²) in [7, 11) is -21.8. The van der Waals surface area contributed by atoms with E-state index in [0.717, 1.165) is 35.0 Å². The van der Waals surface area contributed by atoms with E-state index in [-0.39, 0.29) is 85.5 Å². The van der Waals surface area contributed by atoms with Crippen LogP contribution in [0.5, 0.6) is 34.6 Å². The fourth-order valence-electron chi connectivity index (χ4n) is 7.01. The minimum atomic E-state index is -5.55. The Morgan fingerprint density at radius 2 is 0.947 bits per heavy atom.